The number of nitrogens with one attached hydrogen (secondary N) is 2. The Bertz CT molecular complexity index is 1330. The zero-order chi connectivity index (χ0) is 25.1. The lowest BCUT2D eigenvalue weighted by atomic mass is 10.0. The second-order valence-corrected chi connectivity index (χ2v) is 8.65. The SMILES string of the molecule is COc1cccc(NC(=O)c2cccc(NC3=C(Cl)C(=O)N(c4ccc(C(C)C)cc4)C3=O)c2)c1. The zero-order valence-electron chi connectivity index (χ0n) is 19.5. The fourth-order valence-corrected chi connectivity index (χ4v) is 3.85. The van der Waals surface area contributed by atoms with Crippen molar-refractivity contribution in [2.45, 2.75) is 19.8 Å². The highest BCUT2D eigenvalue weighted by atomic mass is 35.5. The molecule has 2 N–H and O–H groups in total. The van der Waals surface area contributed by atoms with Crippen LogP contribution in [0.5, 0.6) is 5.75 Å². The molecule has 0 unspecified atom stereocenters. The number of halogens is 1. The minimum Gasteiger partial charge on any atom is -0.497 e. The maximum Gasteiger partial charge on any atom is 0.283 e. The molecular formula is C27H24ClN3O4. The number of ether oxygens (including phenoxy) is 1. The van der Waals surface area contributed by atoms with E-state index in [4.69, 9.17) is 16.3 Å². The molecule has 7 nitrogen and oxygen atoms in total. The number of rotatable bonds is 7. The van der Waals surface area contributed by atoms with Crippen molar-refractivity contribution in [1.29, 1.82) is 0 Å². The second-order valence-electron chi connectivity index (χ2n) is 8.27. The lowest BCUT2D eigenvalue weighted by Gasteiger charge is -2.16. The third-order valence-electron chi connectivity index (χ3n) is 5.57. The van der Waals surface area contributed by atoms with Gasteiger partial charge in [0.25, 0.3) is 17.7 Å². The van der Waals surface area contributed by atoms with Crippen LogP contribution >= 0.6 is 11.6 Å². The van der Waals surface area contributed by atoms with Crippen LogP contribution in [0.1, 0.15) is 35.7 Å². The highest BCUT2D eigenvalue weighted by Gasteiger charge is 2.39. The van der Waals surface area contributed by atoms with Crippen LogP contribution in [0, 0.1) is 0 Å². The van der Waals surface area contributed by atoms with E-state index in [0.717, 1.165) is 10.5 Å². The van der Waals surface area contributed by atoms with Crippen LogP contribution in [0.2, 0.25) is 0 Å². The summed E-state index contributed by atoms with van der Waals surface area (Å²) in [6, 6.07) is 20.8. The van der Waals surface area contributed by atoms with Gasteiger partial charge in [0, 0.05) is 23.0 Å². The van der Waals surface area contributed by atoms with E-state index >= 15 is 0 Å². The number of hydrogen-bond donors (Lipinski definition) is 2. The molecule has 4 rings (SSSR count). The Morgan fingerprint density at radius 3 is 2.29 bits per heavy atom. The Kier molecular flexibility index (Phi) is 6.89. The van der Waals surface area contributed by atoms with Crippen LogP contribution in [0.25, 0.3) is 0 Å². The van der Waals surface area contributed by atoms with Crippen molar-refractivity contribution in [3.63, 3.8) is 0 Å². The van der Waals surface area contributed by atoms with Crippen LogP contribution in [0.4, 0.5) is 17.1 Å². The van der Waals surface area contributed by atoms with Gasteiger partial charge < -0.3 is 15.4 Å². The Balaban J connectivity index is 1.51. The molecule has 3 aromatic rings. The molecule has 3 aromatic carbocycles. The average Bonchev–Trinajstić information content (AvgIpc) is 3.07. The number of methoxy groups -OCH3 is 1. The lowest BCUT2D eigenvalue weighted by Crippen LogP contribution is -2.32. The van der Waals surface area contributed by atoms with E-state index < -0.39 is 11.8 Å². The summed E-state index contributed by atoms with van der Waals surface area (Å²) in [5.74, 6) is -0.580. The molecule has 0 aliphatic carbocycles. The quantitative estimate of drug-likeness (QED) is 0.427. The van der Waals surface area contributed by atoms with Crippen molar-refractivity contribution < 1.29 is 19.1 Å². The van der Waals surface area contributed by atoms with E-state index in [9.17, 15) is 14.4 Å². The van der Waals surface area contributed by atoms with Crippen LogP contribution in [-0.2, 0) is 9.59 Å². The highest BCUT2D eigenvalue weighted by molar-refractivity contribution is 6.53. The molecule has 0 fully saturated rings. The largest absolute Gasteiger partial charge is 0.497 e. The van der Waals surface area contributed by atoms with Crippen LogP contribution < -0.4 is 20.3 Å². The number of hydrogen-bond acceptors (Lipinski definition) is 5. The van der Waals surface area contributed by atoms with E-state index in [-0.39, 0.29) is 16.6 Å². The van der Waals surface area contributed by atoms with Gasteiger partial charge in [-0.25, -0.2) is 4.90 Å². The van der Waals surface area contributed by atoms with Gasteiger partial charge in [0.15, 0.2) is 0 Å². The topological polar surface area (TPSA) is 87.7 Å². The van der Waals surface area contributed by atoms with Crippen molar-refractivity contribution in [1.82, 2.24) is 0 Å². The molecule has 0 radical (unpaired) electrons. The minimum absolute atomic E-state index is 0.0463. The number of carbonyl (C=O) groups is 3. The van der Waals surface area contributed by atoms with Crippen molar-refractivity contribution in [2.75, 3.05) is 22.6 Å². The first-order valence-corrected chi connectivity index (χ1v) is 11.4. The first-order chi connectivity index (χ1) is 16.8. The third kappa shape index (κ3) is 5.05. The van der Waals surface area contributed by atoms with E-state index in [2.05, 4.69) is 24.5 Å². The van der Waals surface area contributed by atoms with Crippen LogP contribution in [0.3, 0.4) is 0 Å². The molecule has 0 atom stereocenters. The summed E-state index contributed by atoms with van der Waals surface area (Å²) in [7, 11) is 1.55. The van der Waals surface area contributed by atoms with Gasteiger partial charge in [0.2, 0.25) is 0 Å². The van der Waals surface area contributed by atoms with Gasteiger partial charge in [0.05, 0.1) is 12.8 Å². The molecule has 1 aliphatic rings. The molecule has 0 saturated carbocycles. The number of nitrogens with zero attached hydrogens (tertiary/aromatic N) is 1. The number of amides is 3. The Hall–Kier alpha value is -4.10. The average molecular weight is 490 g/mol. The molecule has 8 heteroatoms. The maximum atomic E-state index is 13.1. The third-order valence-corrected chi connectivity index (χ3v) is 5.92. The molecule has 0 spiro atoms. The van der Waals surface area contributed by atoms with Crippen molar-refractivity contribution in [3.8, 4) is 5.75 Å². The summed E-state index contributed by atoms with van der Waals surface area (Å²) in [4.78, 5) is 39.6. The van der Waals surface area contributed by atoms with E-state index in [1.54, 1.807) is 67.8 Å². The predicted octanol–water partition coefficient (Wildman–Crippen LogP) is 5.51. The molecule has 3 amide bonds. The second kappa shape index (κ2) is 10.0. The van der Waals surface area contributed by atoms with E-state index in [0.29, 0.717) is 34.3 Å². The summed E-state index contributed by atoms with van der Waals surface area (Å²) in [5.41, 5.74) is 2.85. The van der Waals surface area contributed by atoms with E-state index in [1.807, 2.05) is 12.1 Å². The molecule has 1 aliphatic heterocycles. The summed E-state index contributed by atoms with van der Waals surface area (Å²) in [6.45, 7) is 4.12. The van der Waals surface area contributed by atoms with Gasteiger partial charge in [-0.3, -0.25) is 14.4 Å². The van der Waals surface area contributed by atoms with Gasteiger partial charge in [-0.2, -0.15) is 0 Å². The van der Waals surface area contributed by atoms with Gasteiger partial charge in [-0.15, -0.1) is 0 Å². The number of carbonyl (C=O) groups excluding carboxylic acids is 3. The predicted molar refractivity (Wildman–Crippen MR) is 137 cm³/mol. The fourth-order valence-electron chi connectivity index (χ4n) is 3.64. The Morgan fingerprint density at radius 2 is 1.60 bits per heavy atom. The summed E-state index contributed by atoms with van der Waals surface area (Å²) >= 11 is 6.25. The lowest BCUT2D eigenvalue weighted by molar-refractivity contribution is -0.120. The van der Waals surface area contributed by atoms with E-state index in [1.165, 1.54) is 0 Å². The van der Waals surface area contributed by atoms with Crippen molar-refractivity contribution >= 4 is 46.4 Å². The van der Waals surface area contributed by atoms with Crippen LogP contribution in [0.15, 0.2) is 83.5 Å². The molecule has 1 heterocycles. The Morgan fingerprint density at radius 1 is 0.914 bits per heavy atom. The molecule has 0 saturated heterocycles. The van der Waals surface area contributed by atoms with Crippen LogP contribution in [-0.4, -0.2) is 24.8 Å². The number of anilines is 3. The minimum atomic E-state index is -0.608. The van der Waals surface area contributed by atoms with Crippen molar-refractivity contribution in [2.24, 2.45) is 0 Å². The highest BCUT2D eigenvalue weighted by Crippen LogP contribution is 2.31. The first-order valence-electron chi connectivity index (χ1n) is 11.0. The molecule has 35 heavy (non-hydrogen) atoms. The first kappa shape index (κ1) is 24.0. The van der Waals surface area contributed by atoms with Gasteiger partial charge in [-0.05, 0) is 53.9 Å². The standard InChI is InChI=1S/C27H24ClN3O4/c1-16(2)17-10-12-21(13-11-17)31-26(33)23(28)24(27(31)34)29-19-7-4-6-18(14-19)25(32)30-20-8-5-9-22(15-20)35-3/h4-16,29H,1-3H3,(H,30,32). The van der Waals surface area contributed by atoms with Gasteiger partial charge >= 0.3 is 0 Å². The smallest absolute Gasteiger partial charge is 0.283 e. The Labute approximate surface area is 208 Å². The zero-order valence-corrected chi connectivity index (χ0v) is 20.2. The number of benzene rings is 3. The number of imide groups is 1. The molecule has 0 aromatic heterocycles. The summed E-state index contributed by atoms with van der Waals surface area (Å²) < 4.78 is 5.18. The normalized spacial score (nSPS) is 13.5. The van der Waals surface area contributed by atoms with Crippen molar-refractivity contribution in [3.05, 3.63) is 94.7 Å². The molecular weight excluding hydrogens is 466 g/mol. The van der Waals surface area contributed by atoms with Gasteiger partial charge in [0.1, 0.15) is 16.5 Å². The maximum absolute atomic E-state index is 13.1. The molecule has 0 bridgehead atoms. The molecule has 178 valence electrons. The van der Waals surface area contributed by atoms with Gasteiger partial charge in [-0.1, -0.05) is 49.7 Å². The monoisotopic (exact) mass is 489 g/mol. The summed E-state index contributed by atoms with van der Waals surface area (Å²) in [6.07, 6.45) is 0. The summed E-state index contributed by atoms with van der Waals surface area (Å²) in [5, 5.41) is 5.50. The fraction of sp³-hybridized carbons (Fsp3) is 0.148.